The lowest BCUT2D eigenvalue weighted by atomic mass is 9.94. The molecule has 1 aromatic carbocycles. The molecule has 2 heterocycles. The van der Waals surface area contributed by atoms with E-state index in [1.165, 1.54) is 0 Å². The molecule has 7 nitrogen and oxygen atoms in total. The van der Waals surface area contributed by atoms with Crippen molar-refractivity contribution in [3.8, 4) is 34.2 Å². The van der Waals surface area contributed by atoms with Gasteiger partial charge in [0, 0.05) is 35.1 Å². The van der Waals surface area contributed by atoms with Gasteiger partial charge in [-0.3, -0.25) is 0 Å². The molecule has 7 heteroatoms. The summed E-state index contributed by atoms with van der Waals surface area (Å²) in [6.45, 7) is 5.89. The summed E-state index contributed by atoms with van der Waals surface area (Å²) in [7, 11) is 0. The van der Waals surface area contributed by atoms with Gasteiger partial charge in [0.1, 0.15) is 23.2 Å². The zero-order chi connectivity index (χ0) is 19.6. The van der Waals surface area contributed by atoms with Crippen LogP contribution in [0.15, 0.2) is 36.7 Å². The van der Waals surface area contributed by atoms with Crippen LogP contribution in [0.3, 0.4) is 0 Å². The van der Waals surface area contributed by atoms with Gasteiger partial charge in [-0.25, -0.2) is 15.0 Å². The van der Waals surface area contributed by atoms with E-state index in [1.54, 1.807) is 36.7 Å². The van der Waals surface area contributed by atoms with Gasteiger partial charge in [0.15, 0.2) is 0 Å². The third kappa shape index (κ3) is 3.65. The van der Waals surface area contributed by atoms with Crippen molar-refractivity contribution >= 4 is 11.8 Å². The topological polar surface area (TPSA) is 121 Å². The summed E-state index contributed by atoms with van der Waals surface area (Å²) in [5, 5.41) is 22.3. The zero-order valence-electron chi connectivity index (χ0n) is 15.4. The number of nitrogens with two attached hydrogens (primary N) is 1. The van der Waals surface area contributed by atoms with Crippen LogP contribution in [0.2, 0.25) is 0 Å². The number of hydrogen-bond acceptors (Lipinski definition) is 7. The molecule has 0 spiro atoms. The van der Waals surface area contributed by atoms with Crippen LogP contribution in [0.4, 0.5) is 11.8 Å². The largest absolute Gasteiger partial charge is 0.508 e. The van der Waals surface area contributed by atoms with Crippen molar-refractivity contribution in [2.24, 2.45) is 0 Å². The van der Waals surface area contributed by atoms with Crippen LogP contribution in [-0.4, -0.2) is 26.1 Å². The van der Waals surface area contributed by atoms with Gasteiger partial charge < -0.3 is 16.2 Å². The fourth-order valence-electron chi connectivity index (χ4n) is 2.86. The molecule has 0 fully saturated rings. The Bertz CT molecular complexity index is 1000. The van der Waals surface area contributed by atoms with Crippen LogP contribution in [0.5, 0.6) is 5.75 Å². The van der Waals surface area contributed by atoms with E-state index in [1.807, 2.05) is 20.8 Å². The summed E-state index contributed by atoms with van der Waals surface area (Å²) >= 11 is 0. The number of pyridine rings is 1. The van der Waals surface area contributed by atoms with Crippen molar-refractivity contribution < 1.29 is 5.11 Å². The highest BCUT2D eigenvalue weighted by atomic mass is 16.3. The molecule has 0 unspecified atom stereocenters. The first-order valence-electron chi connectivity index (χ1n) is 8.49. The maximum absolute atomic E-state index is 9.60. The van der Waals surface area contributed by atoms with Crippen molar-refractivity contribution in [2.75, 3.05) is 11.1 Å². The van der Waals surface area contributed by atoms with Gasteiger partial charge in [-0.2, -0.15) is 5.26 Å². The minimum absolute atomic E-state index is 0.144. The molecule has 0 saturated heterocycles. The van der Waals surface area contributed by atoms with E-state index in [-0.39, 0.29) is 17.6 Å². The van der Waals surface area contributed by atoms with Crippen LogP contribution in [0.1, 0.15) is 25.0 Å². The Morgan fingerprint density at radius 2 is 1.74 bits per heavy atom. The fraction of sp³-hybridized carbons (Fsp3) is 0.200. The molecule has 0 saturated carbocycles. The quantitative estimate of drug-likeness (QED) is 0.651. The molecule has 27 heavy (non-hydrogen) atoms. The number of aromatic hydroxyl groups is 1. The fourth-order valence-corrected chi connectivity index (χ4v) is 2.86. The highest BCUT2D eigenvalue weighted by Gasteiger charge is 2.19. The monoisotopic (exact) mass is 360 g/mol. The second-order valence-electron chi connectivity index (χ2n) is 6.47. The van der Waals surface area contributed by atoms with Crippen molar-refractivity contribution in [1.82, 2.24) is 15.0 Å². The minimum atomic E-state index is 0.144. The number of hydrogen-bond donors (Lipinski definition) is 3. The third-order valence-corrected chi connectivity index (χ3v) is 4.08. The molecule has 4 N–H and O–H groups in total. The van der Waals surface area contributed by atoms with Crippen molar-refractivity contribution in [3.63, 3.8) is 0 Å². The lowest BCUT2D eigenvalue weighted by Gasteiger charge is -2.15. The van der Waals surface area contributed by atoms with Gasteiger partial charge in [-0.05, 0) is 50.6 Å². The third-order valence-electron chi connectivity index (χ3n) is 4.08. The second-order valence-corrected chi connectivity index (χ2v) is 6.47. The minimum Gasteiger partial charge on any atom is -0.508 e. The van der Waals surface area contributed by atoms with Gasteiger partial charge in [0.25, 0.3) is 0 Å². The Morgan fingerprint density at radius 3 is 2.30 bits per heavy atom. The van der Waals surface area contributed by atoms with Crippen LogP contribution in [0.25, 0.3) is 22.4 Å². The first kappa shape index (κ1) is 18.1. The highest BCUT2D eigenvalue weighted by molar-refractivity contribution is 5.83. The summed E-state index contributed by atoms with van der Waals surface area (Å²) in [6.07, 6.45) is 3.34. The van der Waals surface area contributed by atoms with Gasteiger partial charge in [0.2, 0.25) is 5.95 Å². The molecule has 0 amide bonds. The molecule has 3 aromatic rings. The molecular formula is C20H20N6O. The Morgan fingerprint density at radius 1 is 1.11 bits per heavy atom. The first-order chi connectivity index (χ1) is 12.9. The summed E-state index contributed by atoms with van der Waals surface area (Å²) in [4.78, 5) is 13.1. The average molecular weight is 360 g/mol. The standard InChI is InChI=1S/C20H20N6O/c1-11(2)25-20-23-9-14(10-24-20)17-12(3)18(26-19(22)16(17)8-21)13-4-6-15(27)7-5-13/h4-7,9-11,27H,1-3H3,(H2,22,26)(H,23,24,25). The molecule has 136 valence electrons. The van der Waals surface area contributed by atoms with E-state index in [0.29, 0.717) is 28.3 Å². The number of nitriles is 1. The number of nitrogens with zero attached hydrogens (tertiary/aromatic N) is 4. The molecule has 0 radical (unpaired) electrons. The van der Waals surface area contributed by atoms with Crippen LogP contribution >= 0.6 is 0 Å². The van der Waals surface area contributed by atoms with E-state index in [9.17, 15) is 10.4 Å². The molecule has 0 aliphatic carbocycles. The average Bonchev–Trinajstić information content (AvgIpc) is 2.64. The second kappa shape index (κ2) is 7.30. The Balaban J connectivity index is 2.16. The number of phenols is 1. The van der Waals surface area contributed by atoms with E-state index in [4.69, 9.17) is 5.73 Å². The van der Waals surface area contributed by atoms with E-state index in [0.717, 1.165) is 11.1 Å². The van der Waals surface area contributed by atoms with Crippen LogP contribution < -0.4 is 11.1 Å². The van der Waals surface area contributed by atoms with Gasteiger partial charge in [-0.1, -0.05) is 0 Å². The Labute approximate surface area is 157 Å². The lowest BCUT2D eigenvalue weighted by Crippen LogP contribution is -2.12. The van der Waals surface area contributed by atoms with Gasteiger partial charge in [-0.15, -0.1) is 0 Å². The molecule has 0 atom stereocenters. The molecular weight excluding hydrogens is 340 g/mol. The van der Waals surface area contributed by atoms with Gasteiger partial charge >= 0.3 is 0 Å². The summed E-state index contributed by atoms with van der Waals surface area (Å²) < 4.78 is 0. The van der Waals surface area contributed by atoms with Crippen molar-refractivity contribution in [1.29, 1.82) is 5.26 Å². The van der Waals surface area contributed by atoms with E-state index >= 15 is 0 Å². The van der Waals surface area contributed by atoms with Crippen LogP contribution in [-0.2, 0) is 0 Å². The van der Waals surface area contributed by atoms with Crippen molar-refractivity contribution in [2.45, 2.75) is 26.8 Å². The summed E-state index contributed by atoms with van der Waals surface area (Å²) in [6, 6.07) is 9.03. The Kier molecular flexibility index (Phi) is 4.90. The molecule has 0 aliphatic rings. The van der Waals surface area contributed by atoms with E-state index < -0.39 is 0 Å². The number of benzene rings is 1. The summed E-state index contributed by atoms with van der Waals surface area (Å²) in [5.41, 5.74) is 9.93. The molecule has 3 rings (SSSR count). The molecule has 2 aromatic heterocycles. The molecule has 0 bridgehead atoms. The van der Waals surface area contributed by atoms with E-state index in [2.05, 4.69) is 26.3 Å². The number of nitrogen functional groups attached to an aromatic ring is 1. The lowest BCUT2D eigenvalue weighted by molar-refractivity contribution is 0.475. The number of phenolic OH excluding ortho intramolecular Hbond substituents is 1. The zero-order valence-corrected chi connectivity index (χ0v) is 15.4. The highest BCUT2D eigenvalue weighted by Crippen LogP contribution is 2.35. The number of nitrogens with one attached hydrogen (secondary N) is 1. The summed E-state index contributed by atoms with van der Waals surface area (Å²) in [5.74, 6) is 0.830. The number of aromatic nitrogens is 3. The first-order valence-corrected chi connectivity index (χ1v) is 8.49. The SMILES string of the molecule is Cc1c(-c2ccc(O)cc2)nc(N)c(C#N)c1-c1cnc(NC(C)C)nc1. The van der Waals surface area contributed by atoms with Crippen molar-refractivity contribution in [3.05, 3.63) is 47.8 Å². The maximum atomic E-state index is 9.60. The number of rotatable bonds is 4. The predicted molar refractivity (Wildman–Crippen MR) is 105 cm³/mol. The maximum Gasteiger partial charge on any atom is 0.222 e. The predicted octanol–water partition coefficient (Wildman–Crippen LogP) is 3.49. The smallest absolute Gasteiger partial charge is 0.222 e. The van der Waals surface area contributed by atoms with Gasteiger partial charge in [0.05, 0.1) is 5.69 Å². The Hall–Kier alpha value is -3.66. The number of anilines is 2. The van der Waals surface area contributed by atoms with Crippen LogP contribution in [0, 0.1) is 18.3 Å². The molecule has 0 aliphatic heterocycles. The normalized spacial score (nSPS) is 10.6.